The molecule has 7 nitrogen and oxygen atoms in total. The molecule has 0 atom stereocenters. The fourth-order valence-corrected chi connectivity index (χ4v) is 3.53. The number of carbonyl (C=O) groups excluding carboxylic acids is 2. The number of carbonyl (C=O) groups is 2. The third kappa shape index (κ3) is 4.66. The van der Waals surface area contributed by atoms with Gasteiger partial charge in [-0.05, 0) is 49.1 Å². The van der Waals surface area contributed by atoms with E-state index in [1.165, 1.54) is 10.7 Å². The number of anilines is 1. The molecule has 1 heterocycles. The van der Waals surface area contributed by atoms with E-state index in [1.807, 2.05) is 37.3 Å². The van der Waals surface area contributed by atoms with Crippen molar-refractivity contribution in [3.63, 3.8) is 0 Å². The van der Waals surface area contributed by atoms with Crippen LogP contribution < -0.4 is 10.6 Å². The normalized spacial score (nSPS) is 13.2. The van der Waals surface area contributed by atoms with Crippen LogP contribution in [-0.4, -0.2) is 26.8 Å². The number of nitrogens with one attached hydrogen (secondary N) is 2. The highest BCUT2D eigenvalue weighted by molar-refractivity contribution is 5.92. The summed E-state index contributed by atoms with van der Waals surface area (Å²) in [5.74, 6) is 0.0145. The molecule has 7 heteroatoms. The van der Waals surface area contributed by atoms with Gasteiger partial charge in [0.15, 0.2) is 0 Å². The summed E-state index contributed by atoms with van der Waals surface area (Å²) in [6.07, 6.45) is 2.03. The van der Waals surface area contributed by atoms with Crippen molar-refractivity contribution < 1.29 is 14.7 Å². The fourth-order valence-electron chi connectivity index (χ4n) is 3.53. The Labute approximate surface area is 187 Å². The molecule has 0 saturated heterocycles. The van der Waals surface area contributed by atoms with E-state index in [0.29, 0.717) is 29.4 Å². The minimum atomic E-state index is -0.290. The second-order valence-electron chi connectivity index (χ2n) is 8.60. The number of phenolic OH excluding ortho intramolecular Hbond substituents is 1. The molecular formula is C25H28N4O3. The lowest BCUT2D eigenvalue weighted by Gasteiger charge is -2.10. The average molecular weight is 433 g/mol. The molecule has 166 valence electrons. The van der Waals surface area contributed by atoms with E-state index >= 15 is 0 Å². The Morgan fingerprint density at radius 2 is 1.91 bits per heavy atom. The van der Waals surface area contributed by atoms with E-state index in [9.17, 15) is 14.7 Å². The zero-order chi connectivity index (χ0) is 22.8. The van der Waals surface area contributed by atoms with Gasteiger partial charge in [0, 0.05) is 35.7 Å². The van der Waals surface area contributed by atoms with Crippen molar-refractivity contribution in [2.24, 2.45) is 5.92 Å². The molecule has 0 bridgehead atoms. The Hall–Kier alpha value is -3.61. The first-order valence-corrected chi connectivity index (χ1v) is 10.9. The highest BCUT2D eigenvalue weighted by atomic mass is 16.3. The Kier molecular flexibility index (Phi) is 5.99. The number of aromatic nitrogens is 2. The summed E-state index contributed by atoms with van der Waals surface area (Å²) < 4.78 is 1.42. The maximum atomic E-state index is 12.9. The molecule has 1 saturated carbocycles. The molecular weight excluding hydrogens is 404 g/mol. The van der Waals surface area contributed by atoms with Gasteiger partial charge in [-0.2, -0.15) is 9.78 Å². The molecule has 4 rings (SSSR count). The molecule has 1 aliphatic rings. The monoisotopic (exact) mass is 432 g/mol. The molecule has 1 aliphatic carbocycles. The molecule has 0 aliphatic heterocycles. The fraction of sp³-hybridized carbons (Fsp3) is 0.320. The molecule has 0 radical (unpaired) electrons. The molecule has 0 unspecified atom stereocenters. The molecule has 1 fully saturated rings. The zero-order valence-corrected chi connectivity index (χ0v) is 18.6. The highest BCUT2D eigenvalue weighted by Crippen LogP contribution is 2.42. The van der Waals surface area contributed by atoms with Gasteiger partial charge in [-0.3, -0.25) is 4.79 Å². The minimum Gasteiger partial charge on any atom is -0.507 e. The van der Waals surface area contributed by atoms with Crippen molar-refractivity contribution in [3.8, 4) is 17.0 Å². The van der Waals surface area contributed by atoms with Crippen molar-refractivity contribution in [1.82, 2.24) is 15.1 Å². The number of phenols is 1. The van der Waals surface area contributed by atoms with Crippen LogP contribution >= 0.6 is 0 Å². The van der Waals surface area contributed by atoms with E-state index in [1.54, 1.807) is 26.0 Å². The van der Waals surface area contributed by atoms with Gasteiger partial charge in [-0.1, -0.05) is 38.1 Å². The molecule has 2 aromatic carbocycles. The zero-order valence-electron chi connectivity index (χ0n) is 18.6. The van der Waals surface area contributed by atoms with Crippen LogP contribution in [0.15, 0.2) is 48.5 Å². The molecule has 3 aromatic rings. The number of hydrogen-bond acceptors (Lipinski definition) is 4. The van der Waals surface area contributed by atoms with Crippen LogP contribution in [-0.2, 0) is 11.3 Å². The Morgan fingerprint density at radius 1 is 1.16 bits per heavy atom. The Balaban J connectivity index is 1.56. The first kappa shape index (κ1) is 21.6. The maximum absolute atomic E-state index is 12.9. The van der Waals surface area contributed by atoms with E-state index in [2.05, 4.69) is 15.7 Å². The van der Waals surface area contributed by atoms with E-state index in [4.69, 9.17) is 0 Å². The number of benzene rings is 2. The standard InChI is InChI=1S/C25H28N4O3/c1-15(2)24(31)27-19-10-11-20(23(30)12-19)21-13-22(17-8-9-17)29(28-21)25(32)26-14-18-7-5-4-6-16(18)3/h4-7,10-13,15,17,30H,8-9,14H2,1-3H3,(H,26,32)(H,27,31). The van der Waals surface area contributed by atoms with Crippen LogP contribution in [0.3, 0.4) is 0 Å². The topological polar surface area (TPSA) is 96.3 Å². The van der Waals surface area contributed by atoms with Crippen molar-refractivity contribution >= 4 is 17.6 Å². The average Bonchev–Trinajstić information content (AvgIpc) is 3.51. The lowest BCUT2D eigenvalue weighted by atomic mass is 10.1. The van der Waals surface area contributed by atoms with Gasteiger partial charge in [-0.25, -0.2) is 4.79 Å². The second kappa shape index (κ2) is 8.86. The van der Waals surface area contributed by atoms with Crippen LogP contribution in [0, 0.1) is 12.8 Å². The van der Waals surface area contributed by atoms with Gasteiger partial charge >= 0.3 is 6.03 Å². The summed E-state index contributed by atoms with van der Waals surface area (Å²) in [5, 5.41) is 20.8. The second-order valence-corrected chi connectivity index (χ2v) is 8.60. The molecule has 2 amide bonds. The molecule has 1 aromatic heterocycles. The van der Waals surface area contributed by atoms with Gasteiger partial charge in [0.1, 0.15) is 5.75 Å². The van der Waals surface area contributed by atoms with Crippen molar-refractivity contribution in [1.29, 1.82) is 0 Å². The summed E-state index contributed by atoms with van der Waals surface area (Å²) in [7, 11) is 0. The number of hydrogen-bond donors (Lipinski definition) is 3. The maximum Gasteiger partial charge on any atom is 0.342 e. The number of aromatic hydroxyl groups is 1. The van der Waals surface area contributed by atoms with Gasteiger partial charge < -0.3 is 15.7 Å². The van der Waals surface area contributed by atoms with Crippen LogP contribution in [0.1, 0.15) is 49.4 Å². The predicted octanol–water partition coefficient (Wildman–Crippen LogP) is 4.79. The van der Waals surface area contributed by atoms with Crippen LogP contribution in [0.2, 0.25) is 0 Å². The van der Waals surface area contributed by atoms with Gasteiger partial charge in [-0.15, -0.1) is 0 Å². The minimum absolute atomic E-state index is 0.00104. The largest absolute Gasteiger partial charge is 0.507 e. The van der Waals surface area contributed by atoms with E-state index in [0.717, 1.165) is 29.7 Å². The molecule has 32 heavy (non-hydrogen) atoms. The quantitative estimate of drug-likeness (QED) is 0.522. The Bertz CT molecular complexity index is 1160. The predicted molar refractivity (Wildman–Crippen MR) is 124 cm³/mol. The number of amides is 2. The first-order valence-electron chi connectivity index (χ1n) is 10.9. The number of aryl methyl sites for hydroxylation is 1. The summed E-state index contributed by atoms with van der Waals surface area (Å²) in [6, 6.07) is 14.4. The van der Waals surface area contributed by atoms with Gasteiger partial charge in [0.05, 0.1) is 11.4 Å². The van der Waals surface area contributed by atoms with Crippen LogP contribution in [0.5, 0.6) is 5.75 Å². The van der Waals surface area contributed by atoms with Crippen molar-refractivity contribution in [3.05, 3.63) is 65.4 Å². The number of rotatable bonds is 6. The van der Waals surface area contributed by atoms with Crippen LogP contribution in [0.4, 0.5) is 10.5 Å². The van der Waals surface area contributed by atoms with Gasteiger partial charge in [0.2, 0.25) is 5.91 Å². The highest BCUT2D eigenvalue weighted by Gasteiger charge is 2.30. The number of nitrogens with zero attached hydrogens (tertiary/aromatic N) is 2. The Morgan fingerprint density at radius 3 is 2.56 bits per heavy atom. The summed E-state index contributed by atoms with van der Waals surface area (Å²) >= 11 is 0. The van der Waals surface area contributed by atoms with E-state index < -0.39 is 0 Å². The third-order valence-corrected chi connectivity index (χ3v) is 5.68. The van der Waals surface area contributed by atoms with Crippen molar-refractivity contribution in [2.75, 3.05) is 5.32 Å². The summed E-state index contributed by atoms with van der Waals surface area (Å²) in [5.41, 5.74) is 4.57. The smallest absolute Gasteiger partial charge is 0.342 e. The summed E-state index contributed by atoms with van der Waals surface area (Å²) in [4.78, 5) is 24.8. The summed E-state index contributed by atoms with van der Waals surface area (Å²) in [6.45, 7) is 6.04. The van der Waals surface area contributed by atoms with E-state index in [-0.39, 0.29) is 23.6 Å². The lowest BCUT2D eigenvalue weighted by Crippen LogP contribution is -2.30. The van der Waals surface area contributed by atoms with Crippen molar-refractivity contribution in [2.45, 2.75) is 46.1 Å². The first-order chi connectivity index (χ1) is 15.3. The molecule has 0 spiro atoms. The van der Waals surface area contributed by atoms with Crippen LogP contribution in [0.25, 0.3) is 11.3 Å². The lowest BCUT2D eigenvalue weighted by molar-refractivity contribution is -0.118. The van der Waals surface area contributed by atoms with Gasteiger partial charge in [0.25, 0.3) is 0 Å². The third-order valence-electron chi connectivity index (χ3n) is 5.68. The molecule has 3 N–H and O–H groups in total. The SMILES string of the molecule is Cc1ccccc1CNC(=O)n1nc(-c2ccc(NC(=O)C(C)C)cc2O)cc1C1CC1.